The van der Waals surface area contributed by atoms with Gasteiger partial charge in [0.15, 0.2) is 0 Å². The van der Waals surface area contributed by atoms with E-state index in [2.05, 4.69) is 11.9 Å². The summed E-state index contributed by atoms with van der Waals surface area (Å²) in [6.07, 6.45) is 1.67. The number of carbonyl (C=O) groups is 2. The predicted octanol–water partition coefficient (Wildman–Crippen LogP) is 3.16. The summed E-state index contributed by atoms with van der Waals surface area (Å²) in [5, 5.41) is 22.1. The summed E-state index contributed by atoms with van der Waals surface area (Å²) in [6, 6.07) is 18.3. The number of aliphatic hydroxyl groups is 1. The zero-order chi connectivity index (χ0) is 21.7. The molecule has 0 heterocycles. The van der Waals surface area contributed by atoms with Gasteiger partial charge in [0, 0.05) is 12.1 Å². The summed E-state index contributed by atoms with van der Waals surface area (Å²) in [7, 11) is 0. The molecule has 1 amide bonds. The number of amides is 1. The Labute approximate surface area is 179 Å². The Balaban J connectivity index is 1.91. The standard InChI is InChI=1S/C24H18N2O3S/c1-15-11-20(23(30)22(28)21(15)27)19-10-6-5-9-17(19)12-18(13-25)24(29)26-14-16-7-3-2-4-8-16/h2-12,21,27H,1,14H2,(H,26,29). The summed E-state index contributed by atoms with van der Waals surface area (Å²) in [5.74, 6) is -1.10. The molecule has 6 heteroatoms. The third-order valence-electron chi connectivity index (χ3n) is 4.61. The molecule has 0 spiro atoms. The summed E-state index contributed by atoms with van der Waals surface area (Å²) in [5.41, 5.74) is 2.63. The maximum Gasteiger partial charge on any atom is 0.262 e. The Kier molecular flexibility index (Phi) is 6.48. The molecule has 0 radical (unpaired) electrons. The third kappa shape index (κ3) is 4.49. The quantitative estimate of drug-likeness (QED) is 0.446. The Morgan fingerprint density at radius 2 is 1.87 bits per heavy atom. The van der Waals surface area contributed by atoms with E-state index >= 15 is 0 Å². The van der Waals surface area contributed by atoms with Gasteiger partial charge in [-0.15, -0.1) is 0 Å². The molecule has 0 saturated heterocycles. The van der Waals surface area contributed by atoms with Crippen LogP contribution in [0.15, 0.2) is 78.4 Å². The maximum atomic E-state index is 12.5. The van der Waals surface area contributed by atoms with Gasteiger partial charge in [0.05, 0.1) is 4.86 Å². The highest BCUT2D eigenvalue weighted by atomic mass is 32.1. The van der Waals surface area contributed by atoms with Crippen LogP contribution in [0.1, 0.15) is 16.7 Å². The number of ketones is 1. The van der Waals surface area contributed by atoms with Crippen molar-refractivity contribution < 1.29 is 14.7 Å². The largest absolute Gasteiger partial charge is 0.380 e. The molecule has 0 aliphatic heterocycles. The van der Waals surface area contributed by atoms with Gasteiger partial charge in [0.2, 0.25) is 5.78 Å². The molecule has 0 aromatic heterocycles. The van der Waals surface area contributed by atoms with E-state index in [1.165, 1.54) is 6.08 Å². The normalized spacial score (nSPS) is 16.7. The molecule has 1 aliphatic carbocycles. The van der Waals surface area contributed by atoms with E-state index in [0.29, 0.717) is 23.2 Å². The van der Waals surface area contributed by atoms with Crippen molar-refractivity contribution >= 4 is 40.4 Å². The number of rotatable bonds is 5. The van der Waals surface area contributed by atoms with Crippen molar-refractivity contribution in [2.45, 2.75) is 12.6 Å². The molecule has 30 heavy (non-hydrogen) atoms. The van der Waals surface area contributed by atoms with E-state index in [9.17, 15) is 20.0 Å². The molecular formula is C24H18N2O3S. The number of nitrogens with one attached hydrogen (secondary N) is 1. The van der Waals surface area contributed by atoms with Gasteiger partial charge in [-0.05, 0) is 34.4 Å². The number of allylic oxidation sites excluding steroid dienone is 1. The second kappa shape index (κ2) is 9.23. The Morgan fingerprint density at radius 3 is 2.57 bits per heavy atom. The molecule has 2 aromatic carbocycles. The fourth-order valence-electron chi connectivity index (χ4n) is 3.00. The van der Waals surface area contributed by atoms with Gasteiger partial charge in [-0.3, -0.25) is 9.59 Å². The van der Waals surface area contributed by atoms with E-state index in [4.69, 9.17) is 12.2 Å². The SMILES string of the molecule is C=C1C=C(c2ccccc2C=C(C#N)C(=O)NCc2ccccc2)C(=S)C(=O)C1O. The van der Waals surface area contributed by atoms with Gasteiger partial charge in [-0.2, -0.15) is 5.26 Å². The van der Waals surface area contributed by atoms with Crippen LogP contribution in [0.25, 0.3) is 11.6 Å². The predicted molar refractivity (Wildman–Crippen MR) is 119 cm³/mol. The van der Waals surface area contributed by atoms with Gasteiger partial charge in [0.25, 0.3) is 5.91 Å². The van der Waals surface area contributed by atoms with Crippen LogP contribution in [0.2, 0.25) is 0 Å². The number of carbonyl (C=O) groups excluding carboxylic acids is 2. The van der Waals surface area contributed by atoms with E-state index in [1.54, 1.807) is 30.3 Å². The highest BCUT2D eigenvalue weighted by molar-refractivity contribution is 7.83. The highest BCUT2D eigenvalue weighted by Gasteiger charge is 2.30. The molecule has 1 atom stereocenters. The van der Waals surface area contributed by atoms with E-state index in [-0.39, 0.29) is 16.0 Å². The van der Waals surface area contributed by atoms with Crippen LogP contribution in [0.3, 0.4) is 0 Å². The van der Waals surface area contributed by atoms with Gasteiger partial charge in [-0.25, -0.2) is 0 Å². The molecule has 3 rings (SSSR count). The molecule has 1 aliphatic rings. The highest BCUT2D eigenvalue weighted by Crippen LogP contribution is 2.29. The molecule has 2 N–H and O–H groups in total. The first kappa shape index (κ1) is 21.1. The first-order chi connectivity index (χ1) is 14.4. The second-order valence-electron chi connectivity index (χ2n) is 6.65. The second-order valence-corrected chi connectivity index (χ2v) is 7.06. The lowest BCUT2D eigenvalue weighted by Crippen LogP contribution is -2.32. The van der Waals surface area contributed by atoms with Crippen molar-refractivity contribution in [2.75, 3.05) is 0 Å². The van der Waals surface area contributed by atoms with Crippen LogP contribution in [-0.4, -0.2) is 27.8 Å². The Hall–Kier alpha value is -3.66. The number of nitrogens with zero attached hydrogens (tertiary/aromatic N) is 1. The Bertz CT molecular complexity index is 1140. The summed E-state index contributed by atoms with van der Waals surface area (Å²) in [6.45, 7) is 4.00. The zero-order valence-corrected chi connectivity index (χ0v) is 16.8. The van der Waals surface area contributed by atoms with Gasteiger partial charge in [-0.1, -0.05) is 73.4 Å². The number of hydrogen-bond donors (Lipinski definition) is 2. The molecular weight excluding hydrogens is 396 g/mol. The molecule has 0 saturated carbocycles. The molecule has 5 nitrogen and oxygen atoms in total. The number of benzene rings is 2. The van der Waals surface area contributed by atoms with Crippen LogP contribution in [-0.2, 0) is 16.1 Å². The average molecular weight is 414 g/mol. The zero-order valence-electron chi connectivity index (χ0n) is 16.0. The summed E-state index contributed by atoms with van der Waals surface area (Å²) >= 11 is 5.23. The minimum absolute atomic E-state index is 0.0113. The number of Topliss-reactive ketones (excluding diaryl/α,β-unsaturated/α-hetero) is 1. The molecule has 1 unspecified atom stereocenters. The fourth-order valence-corrected chi connectivity index (χ4v) is 3.28. The number of hydrogen-bond acceptors (Lipinski definition) is 5. The average Bonchev–Trinajstić information content (AvgIpc) is 2.78. The molecule has 0 fully saturated rings. The van der Waals surface area contributed by atoms with Crippen molar-refractivity contribution in [3.63, 3.8) is 0 Å². The Morgan fingerprint density at radius 1 is 1.20 bits per heavy atom. The lowest BCUT2D eigenvalue weighted by atomic mass is 9.86. The van der Waals surface area contributed by atoms with Crippen LogP contribution in [0.5, 0.6) is 0 Å². The van der Waals surface area contributed by atoms with Gasteiger partial charge >= 0.3 is 0 Å². The van der Waals surface area contributed by atoms with Crippen molar-refractivity contribution in [3.8, 4) is 6.07 Å². The molecule has 148 valence electrons. The topological polar surface area (TPSA) is 90.2 Å². The van der Waals surface area contributed by atoms with Gasteiger partial charge in [0.1, 0.15) is 17.7 Å². The minimum atomic E-state index is -1.35. The maximum absolute atomic E-state index is 12.5. The van der Waals surface area contributed by atoms with Crippen molar-refractivity contribution in [1.29, 1.82) is 5.26 Å². The van der Waals surface area contributed by atoms with Gasteiger partial charge < -0.3 is 10.4 Å². The van der Waals surface area contributed by atoms with E-state index in [1.807, 2.05) is 36.4 Å². The van der Waals surface area contributed by atoms with E-state index < -0.39 is 17.8 Å². The summed E-state index contributed by atoms with van der Waals surface area (Å²) in [4.78, 5) is 24.7. The smallest absolute Gasteiger partial charge is 0.262 e. The van der Waals surface area contributed by atoms with Crippen LogP contribution >= 0.6 is 12.2 Å². The first-order valence-corrected chi connectivity index (χ1v) is 9.53. The molecule has 2 aromatic rings. The number of aliphatic hydroxyl groups excluding tert-OH is 1. The monoisotopic (exact) mass is 414 g/mol. The van der Waals surface area contributed by atoms with Crippen molar-refractivity contribution in [2.24, 2.45) is 0 Å². The van der Waals surface area contributed by atoms with Crippen molar-refractivity contribution in [1.82, 2.24) is 5.32 Å². The fraction of sp³-hybridized carbons (Fsp3) is 0.0833. The van der Waals surface area contributed by atoms with E-state index in [0.717, 1.165) is 5.56 Å². The number of thiocarbonyl (C=S) groups is 1. The van der Waals surface area contributed by atoms with Crippen molar-refractivity contribution in [3.05, 3.63) is 95.1 Å². The minimum Gasteiger partial charge on any atom is -0.380 e. The van der Waals surface area contributed by atoms with Crippen LogP contribution < -0.4 is 5.32 Å². The number of nitriles is 1. The lowest BCUT2D eigenvalue weighted by molar-refractivity contribution is -0.118. The van der Waals surface area contributed by atoms with Crippen LogP contribution in [0.4, 0.5) is 0 Å². The van der Waals surface area contributed by atoms with Crippen LogP contribution in [0, 0.1) is 11.3 Å². The molecule has 0 bridgehead atoms. The third-order valence-corrected chi connectivity index (χ3v) is 5.03. The lowest BCUT2D eigenvalue weighted by Gasteiger charge is -2.21. The first-order valence-electron chi connectivity index (χ1n) is 9.12. The summed E-state index contributed by atoms with van der Waals surface area (Å²) < 4.78 is 0.